The predicted octanol–water partition coefficient (Wildman–Crippen LogP) is 2.86. The Morgan fingerprint density at radius 3 is 2.71 bits per heavy atom. The lowest BCUT2D eigenvalue weighted by Gasteiger charge is -2.24. The zero-order chi connectivity index (χ0) is 15.1. The van der Waals surface area contributed by atoms with Gasteiger partial charge in [-0.25, -0.2) is 4.98 Å². The van der Waals surface area contributed by atoms with E-state index in [1.165, 1.54) is 0 Å². The van der Waals surface area contributed by atoms with Gasteiger partial charge in [0.25, 0.3) is 5.56 Å². The maximum absolute atomic E-state index is 12.2. The van der Waals surface area contributed by atoms with Crippen LogP contribution < -0.4 is 10.9 Å². The number of carbonyl (C=O) groups excluding carboxylic acids is 1. The van der Waals surface area contributed by atoms with Crippen LogP contribution in [0.1, 0.15) is 29.3 Å². The van der Waals surface area contributed by atoms with Crippen LogP contribution in [0, 0.1) is 6.92 Å². The maximum atomic E-state index is 12.2. The van der Waals surface area contributed by atoms with E-state index < -0.39 is 0 Å². The van der Waals surface area contributed by atoms with Gasteiger partial charge < -0.3 is 10.3 Å². The molecule has 0 saturated carbocycles. The van der Waals surface area contributed by atoms with Crippen molar-refractivity contribution in [2.75, 3.05) is 5.32 Å². The minimum atomic E-state index is -0.389. The Hall–Kier alpha value is -1.85. The summed E-state index contributed by atoms with van der Waals surface area (Å²) in [6.45, 7) is 1.66. The fourth-order valence-corrected chi connectivity index (χ4v) is 2.80. The smallest absolute Gasteiger partial charge is 0.256 e. The molecule has 108 valence electrons. The van der Waals surface area contributed by atoms with Crippen molar-refractivity contribution in [3.05, 3.63) is 55.5 Å². The number of amides is 1. The molecule has 0 spiro atoms. The van der Waals surface area contributed by atoms with Crippen LogP contribution in [0.2, 0.25) is 10.0 Å². The van der Waals surface area contributed by atoms with Gasteiger partial charge in [0.2, 0.25) is 5.91 Å². The highest BCUT2D eigenvalue weighted by Gasteiger charge is 2.30. The molecule has 0 bridgehead atoms. The van der Waals surface area contributed by atoms with Crippen molar-refractivity contribution in [3.8, 4) is 0 Å². The van der Waals surface area contributed by atoms with Crippen molar-refractivity contribution in [3.63, 3.8) is 0 Å². The Labute approximate surface area is 130 Å². The van der Waals surface area contributed by atoms with Crippen molar-refractivity contribution in [1.29, 1.82) is 0 Å². The Morgan fingerprint density at radius 1 is 1.24 bits per heavy atom. The molecule has 0 radical (unpaired) electrons. The first-order valence-electron chi connectivity index (χ1n) is 6.31. The molecule has 1 aliphatic rings. The van der Waals surface area contributed by atoms with Crippen molar-refractivity contribution in [2.24, 2.45) is 0 Å². The number of hydrogen-bond donors (Lipinski definition) is 2. The summed E-state index contributed by atoms with van der Waals surface area (Å²) in [6.07, 6.45) is 0.165. The second kappa shape index (κ2) is 5.16. The summed E-state index contributed by atoms with van der Waals surface area (Å²) < 4.78 is 0. The van der Waals surface area contributed by atoms with Crippen molar-refractivity contribution in [1.82, 2.24) is 9.97 Å². The van der Waals surface area contributed by atoms with Gasteiger partial charge in [-0.05, 0) is 24.6 Å². The molecule has 2 aromatic rings. The highest BCUT2D eigenvalue weighted by molar-refractivity contribution is 6.42. The number of aromatic nitrogens is 2. The van der Waals surface area contributed by atoms with E-state index in [1.807, 2.05) is 0 Å². The van der Waals surface area contributed by atoms with Gasteiger partial charge in [-0.15, -0.1) is 0 Å². The summed E-state index contributed by atoms with van der Waals surface area (Å²) in [4.78, 5) is 30.9. The molecule has 2 heterocycles. The molecular formula is C14H11Cl2N3O2. The number of hydrogen-bond acceptors (Lipinski definition) is 3. The standard InChI is InChI=1S/C14H11Cl2N3O2/c1-6-17-13-12(14(21)18-6)8(5-11(20)19-13)7-2-3-9(15)10(16)4-7/h2-4,8H,5H2,1H3,(H2,17,18,19,20,21). The second-order valence-electron chi connectivity index (χ2n) is 4.89. The number of aryl methyl sites for hydroxylation is 1. The summed E-state index contributed by atoms with van der Waals surface area (Å²) in [7, 11) is 0. The largest absolute Gasteiger partial charge is 0.310 e. The highest BCUT2D eigenvalue weighted by Crippen LogP contribution is 2.36. The van der Waals surface area contributed by atoms with Crippen LogP contribution in [0.3, 0.4) is 0 Å². The number of rotatable bonds is 1. The Balaban J connectivity index is 2.19. The molecule has 7 heteroatoms. The van der Waals surface area contributed by atoms with Gasteiger partial charge >= 0.3 is 0 Å². The molecule has 1 aromatic heterocycles. The summed E-state index contributed by atoms with van der Waals surface area (Å²) in [5.41, 5.74) is 0.948. The van der Waals surface area contributed by atoms with E-state index in [2.05, 4.69) is 15.3 Å². The normalized spacial score (nSPS) is 17.3. The maximum Gasteiger partial charge on any atom is 0.256 e. The van der Waals surface area contributed by atoms with E-state index in [9.17, 15) is 9.59 Å². The lowest BCUT2D eigenvalue weighted by atomic mass is 9.87. The first-order valence-corrected chi connectivity index (χ1v) is 7.07. The topological polar surface area (TPSA) is 74.8 Å². The number of aromatic amines is 1. The molecule has 0 saturated heterocycles. The van der Waals surface area contributed by atoms with Crippen LogP contribution in [0.5, 0.6) is 0 Å². The predicted molar refractivity (Wildman–Crippen MR) is 81.1 cm³/mol. The van der Waals surface area contributed by atoms with Gasteiger partial charge in [-0.3, -0.25) is 9.59 Å². The number of fused-ring (bicyclic) bond motifs is 1. The second-order valence-corrected chi connectivity index (χ2v) is 5.71. The summed E-state index contributed by atoms with van der Waals surface area (Å²) in [6, 6.07) is 5.10. The van der Waals surface area contributed by atoms with Gasteiger partial charge in [-0.1, -0.05) is 29.3 Å². The van der Waals surface area contributed by atoms with Crippen molar-refractivity contribution < 1.29 is 4.79 Å². The van der Waals surface area contributed by atoms with E-state index >= 15 is 0 Å². The van der Waals surface area contributed by atoms with Crippen LogP contribution in [-0.2, 0) is 4.79 Å². The first kappa shape index (κ1) is 14.1. The van der Waals surface area contributed by atoms with Gasteiger partial charge in [0.15, 0.2) is 0 Å². The Morgan fingerprint density at radius 2 is 2.00 bits per heavy atom. The minimum absolute atomic E-state index is 0.165. The number of carbonyl (C=O) groups is 1. The number of nitrogens with one attached hydrogen (secondary N) is 2. The van der Waals surface area contributed by atoms with Crippen LogP contribution in [0.15, 0.2) is 23.0 Å². The third kappa shape index (κ3) is 2.54. The first-order chi connectivity index (χ1) is 9.95. The quantitative estimate of drug-likeness (QED) is 0.847. The number of benzene rings is 1. The average molecular weight is 324 g/mol. The molecule has 0 fully saturated rings. The average Bonchev–Trinajstić information content (AvgIpc) is 2.40. The third-order valence-electron chi connectivity index (χ3n) is 3.42. The zero-order valence-electron chi connectivity index (χ0n) is 11.0. The molecular weight excluding hydrogens is 313 g/mol. The summed E-state index contributed by atoms with van der Waals surface area (Å²) in [5, 5.41) is 3.45. The molecule has 1 amide bonds. The van der Waals surface area contributed by atoms with Gasteiger partial charge in [0, 0.05) is 12.3 Å². The Bertz CT molecular complexity index is 801. The van der Waals surface area contributed by atoms with Gasteiger partial charge in [0.1, 0.15) is 11.6 Å². The van der Waals surface area contributed by atoms with Crippen LogP contribution >= 0.6 is 23.2 Å². The van der Waals surface area contributed by atoms with E-state index in [4.69, 9.17) is 23.2 Å². The lowest BCUT2D eigenvalue weighted by Crippen LogP contribution is -2.31. The monoisotopic (exact) mass is 323 g/mol. The fourth-order valence-electron chi connectivity index (χ4n) is 2.50. The van der Waals surface area contributed by atoms with Crippen LogP contribution in [0.4, 0.5) is 5.82 Å². The van der Waals surface area contributed by atoms with Crippen LogP contribution in [0.25, 0.3) is 0 Å². The number of anilines is 1. The van der Waals surface area contributed by atoms with Gasteiger partial charge in [-0.2, -0.15) is 0 Å². The third-order valence-corrected chi connectivity index (χ3v) is 4.15. The van der Waals surface area contributed by atoms with E-state index in [0.717, 1.165) is 5.56 Å². The molecule has 1 atom stereocenters. The summed E-state index contributed by atoms with van der Waals surface area (Å²) >= 11 is 11.9. The molecule has 0 aliphatic carbocycles. The number of nitrogens with zero attached hydrogens (tertiary/aromatic N) is 1. The summed E-state index contributed by atoms with van der Waals surface area (Å²) in [5.74, 6) is 0.189. The lowest BCUT2D eigenvalue weighted by molar-refractivity contribution is -0.116. The SMILES string of the molecule is Cc1nc2c(c(=O)[nH]1)C(c1ccc(Cl)c(Cl)c1)CC(=O)N2. The molecule has 21 heavy (non-hydrogen) atoms. The van der Waals surface area contributed by atoms with E-state index in [1.54, 1.807) is 25.1 Å². The molecule has 1 aromatic carbocycles. The molecule has 1 aliphatic heterocycles. The van der Waals surface area contributed by atoms with E-state index in [-0.39, 0.29) is 23.8 Å². The fraction of sp³-hybridized carbons (Fsp3) is 0.214. The van der Waals surface area contributed by atoms with Gasteiger partial charge in [0.05, 0.1) is 15.6 Å². The number of halogens is 2. The van der Waals surface area contributed by atoms with Crippen molar-refractivity contribution in [2.45, 2.75) is 19.3 Å². The van der Waals surface area contributed by atoms with Crippen LogP contribution in [-0.4, -0.2) is 15.9 Å². The van der Waals surface area contributed by atoms with E-state index in [0.29, 0.717) is 27.3 Å². The molecule has 1 unspecified atom stereocenters. The van der Waals surface area contributed by atoms with Crippen molar-refractivity contribution >= 4 is 34.9 Å². The molecule has 5 nitrogen and oxygen atoms in total. The minimum Gasteiger partial charge on any atom is -0.310 e. The zero-order valence-corrected chi connectivity index (χ0v) is 12.5. The molecule has 3 rings (SSSR count). The number of H-pyrrole nitrogens is 1. The highest BCUT2D eigenvalue weighted by atomic mass is 35.5. The Kier molecular flexibility index (Phi) is 3.47. The molecule has 2 N–H and O–H groups in total.